The maximum Gasteiger partial charge on any atom is 0.404 e. The van der Waals surface area contributed by atoms with Crippen LogP contribution < -0.4 is 10.6 Å². The lowest BCUT2D eigenvalue weighted by Crippen LogP contribution is -2.34. The summed E-state index contributed by atoms with van der Waals surface area (Å²) < 4.78 is 0.596. The van der Waals surface area contributed by atoms with Crippen LogP contribution >= 0.6 is 15.9 Å². The van der Waals surface area contributed by atoms with Crippen LogP contribution in [0.4, 0.5) is 4.79 Å². The third kappa shape index (κ3) is 3.85. The van der Waals surface area contributed by atoms with Crippen LogP contribution in [0.3, 0.4) is 0 Å². The second kappa shape index (κ2) is 6.06. The van der Waals surface area contributed by atoms with E-state index < -0.39 is 6.09 Å². The number of hydrogen-bond acceptors (Lipinski definition) is 3. The molecule has 1 rings (SSSR count). The summed E-state index contributed by atoms with van der Waals surface area (Å²) in [5, 5.41) is 13.0. The van der Waals surface area contributed by atoms with Crippen molar-refractivity contribution < 1.29 is 14.7 Å². The Morgan fingerprint density at radius 1 is 1.38 bits per heavy atom. The monoisotopic (exact) mass is 287 g/mol. The second-order valence-corrected chi connectivity index (χ2v) is 3.68. The van der Waals surface area contributed by atoms with Gasteiger partial charge in [-0.2, -0.15) is 0 Å². The predicted molar refractivity (Wildman–Crippen MR) is 60.3 cm³/mol. The average Bonchev–Trinajstić information content (AvgIpc) is 2.24. The van der Waals surface area contributed by atoms with Crippen molar-refractivity contribution in [3.63, 3.8) is 0 Å². The molecule has 6 nitrogen and oxygen atoms in total. The van der Waals surface area contributed by atoms with Crippen molar-refractivity contribution in [1.82, 2.24) is 15.6 Å². The molecule has 16 heavy (non-hydrogen) atoms. The molecule has 0 bridgehead atoms. The van der Waals surface area contributed by atoms with Gasteiger partial charge < -0.3 is 15.7 Å². The van der Waals surface area contributed by atoms with Gasteiger partial charge in [0, 0.05) is 23.8 Å². The molecule has 0 spiro atoms. The number of carbonyl (C=O) groups is 2. The molecule has 0 atom stereocenters. The molecule has 0 aromatic carbocycles. The van der Waals surface area contributed by atoms with E-state index in [9.17, 15) is 9.59 Å². The molecule has 3 N–H and O–H groups in total. The fourth-order valence-corrected chi connectivity index (χ4v) is 1.42. The zero-order chi connectivity index (χ0) is 12.0. The van der Waals surface area contributed by atoms with Crippen molar-refractivity contribution in [2.24, 2.45) is 0 Å². The first kappa shape index (κ1) is 12.4. The van der Waals surface area contributed by atoms with Gasteiger partial charge in [0.25, 0.3) is 5.91 Å². The summed E-state index contributed by atoms with van der Waals surface area (Å²) in [6.45, 7) is 0.375. The molecule has 0 saturated carbocycles. The maximum atomic E-state index is 11.5. The summed E-state index contributed by atoms with van der Waals surface area (Å²) in [4.78, 5) is 25.6. The Balaban J connectivity index is 2.41. The first-order chi connectivity index (χ1) is 7.61. The van der Waals surface area contributed by atoms with Gasteiger partial charge in [-0.3, -0.25) is 4.79 Å². The van der Waals surface area contributed by atoms with Crippen LogP contribution in [0.5, 0.6) is 0 Å². The highest BCUT2D eigenvalue weighted by Gasteiger charge is 2.09. The van der Waals surface area contributed by atoms with Crippen LogP contribution in [-0.2, 0) is 0 Å². The van der Waals surface area contributed by atoms with Gasteiger partial charge in [0.1, 0.15) is 5.69 Å². The molecule has 0 fully saturated rings. The Hall–Kier alpha value is -1.63. The van der Waals surface area contributed by atoms with Crippen molar-refractivity contribution >= 4 is 27.9 Å². The number of pyridine rings is 1. The third-order valence-electron chi connectivity index (χ3n) is 1.66. The van der Waals surface area contributed by atoms with E-state index in [1.807, 2.05) is 0 Å². The summed E-state index contributed by atoms with van der Waals surface area (Å²) in [7, 11) is 0. The summed E-state index contributed by atoms with van der Waals surface area (Å²) in [5.74, 6) is -0.348. The molecule has 1 heterocycles. The number of amides is 2. The van der Waals surface area contributed by atoms with Crippen molar-refractivity contribution in [2.75, 3.05) is 13.1 Å². The largest absolute Gasteiger partial charge is 0.465 e. The maximum absolute atomic E-state index is 11.5. The van der Waals surface area contributed by atoms with Crippen LogP contribution in [0.1, 0.15) is 10.5 Å². The standard InChI is InChI=1S/C9H10BrN3O3/c10-6-2-1-3-11-7(6)8(14)12-4-5-13-9(15)16/h1-3,13H,4-5H2,(H,12,14)(H,15,16). The molecule has 1 aromatic rings. The van der Waals surface area contributed by atoms with E-state index in [0.717, 1.165) is 0 Å². The number of carboxylic acid groups (broad SMARTS) is 1. The average molecular weight is 288 g/mol. The fraction of sp³-hybridized carbons (Fsp3) is 0.222. The normalized spacial score (nSPS) is 9.56. The van der Waals surface area contributed by atoms with Gasteiger partial charge in [0.2, 0.25) is 0 Å². The molecule has 1 aromatic heterocycles. The molecule has 0 aliphatic carbocycles. The van der Waals surface area contributed by atoms with Gasteiger partial charge >= 0.3 is 6.09 Å². The summed E-state index contributed by atoms with van der Waals surface area (Å²) >= 11 is 3.20. The second-order valence-electron chi connectivity index (χ2n) is 2.82. The van der Waals surface area contributed by atoms with Crippen LogP contribution in [0.25, 0.3) is 0 Å². The zero-order valence-corrected chi connectivity index (χ0v) is 9.82. The van der Waals surface area contributed by atoms with Crippen molar-refractivity contribution in [2.45, 2.75) is 0 Å². The number of rotatable bonds is 4. The minimum atomic E-state index is -1.12. The van der Waals surface area contributed by atoms with E-state index in [1.54, 1.807) is 12.1 Å². The number of hydrogen-bond donors (Lipinski definition) is 3. The molecule has 0 aliphatic heterocycles. The highest BCUT2D eigenvalue weighted by Crippen LogP contribution is 2.12. The highest BCUT2D eigenvalue weighted by molar-refractivity contribution is 9.10. The number of nitrogens with one attached hydrogen (secondary N) is 2. The Kier molecular flexibility index (Phi) is 4.71. The van der Waals surface area contributed by atoms with Crippen LogP contribution in [0.2, 0.25) is 0 Å². The minimum Gasteiger partial charge on any atom is -0.465 e. The Morgan fingerprint density at radius 3 is 2.69 bits per heavy atom. The quantitative estimate of drug-likeness (QED) is 0.716. The van der Waals surface area contributed by atoms with E-state index in [2.05, 4.69) is 31.5 Å². The Bertz CT molecular complexity index is 397. The van der Waals surface area contributed by atoms with Gasteiger partial charge in [-0.15, -0.1) is 0 Å². The lowest BCUT2D eigenvalue weighted by molar-refractivity contribution is 0.0947. The van der Waals surface area contributed by atoms with Crippen LogP contribution in [-0.4, -0.2) is 35.2 Å². The van der Waals surface area contributed by atoms with Gasteiger partial charge in [0.15, 0.2) is 0 Å². The predicted octanol–water partition coefficient (Wildman–Crippen LogP) is 0.842. The smallest absolute Gasteiger partial charge is 0.404 e. The zero-order valence-electron chi connectivity index (χ0n) is 8.24. The van der Waals surface area contributed by atoms with E-state index in [1.165, 1.54) is 6.20 Å². The lowest BCUT2D eigenvalue weighted by Gasteiger charge is -2.05. The molecule has 7 heteroatoms. The molecule has 2 amide bonds. The lowest BCUT2D eigenvalue weighted by atomic mass is 10.3. The molecule has 0 saturated heterocycles. The number of nitrogens with zero attached hydrogens (tertiary/aromatic N) is 1. The topological polar surface area (TPSA) is 91.3 Å². The Morgan fingerprint density at radius 2 is 2.06 bits per heavy atom. The summed E-state index contributed by atoms with van der Waals surface area (Å²) in [6.07, 6.45) is 0.392. The molecule has 86 valence electrons. The third-order valence-corrected chi connectivity index (χ3v) is 2.30. The van der Waals surface area contributed by atoms with E-state index in [0.29, 0.717) is 4.47 Å². The number of carbonyl (C=O) groups excluding carboxylic acids is 1. The van der Waals surface area contributed by atoms with Gasteiger partial charge in [-0.05, 0) is 28.1 Å². The molecular weight excluding hydrogens is 278 g/mol. The highest BCUT2D eigenvalue weighted by atomic mass is 79.9. The van der Waals surface area contributed by atoms with Crippen LogP contribution in [0.15, 0.2) is 22.8 Å². The minimum absolute atomic E-state index is 0.158. The molecular formula is C9H10BrN3O3. The van der Waals surface area contributed by atoms with E-state index in [-0.39, 0.29) is 24.7 Å². The molecule has 0 aliphatic rings. The van der Waals surface area contributed by atoms with E-state index >= 15 is 0 Å². The Labute approximate surface area is 100 Å². The SMILES string of the molecule is O=C(O)NCCNC(=O)c1ncccc1Br. The molecule has 0 unspecified atom stereocenters. The molecule has 0 radical (unpaired) electrons. The first-order valence-corrected chi connectivity index (χ1v) is 5.26. The van der Waals surface area contributed by atoms with Gasteiger partial charge in [-0.1, -0.05) is 0 Å². The van der Waals surface area contributed by atoms with Crippen molar-refractivity contribution in [1.29, 1.82) is 0 Å². The summed E-state index contributed by atoms with van der Waals surface area (Å²) in [6, 6.07) is 3.41. The van der Waals surface area contributed by atoms with Gasteiger partial charge in [-0.25, -0.2) is 9.78 Å². The number of halogens is 1. The van der Waals surface area contributed by atoms with Gasteiger partial charge in [0.05, 0.1) is 0 Å². The van der Waals surface area contributed by atoms with E-state index in [4.69, 9.17) is 5.11 Å². The fourth-order valence-electron chi connectivity index (χ4n) is 0.982. The van der Waals surface area contributed by atoms with Crippen molar-refractivity contribution in [3.8, 4) is 0 Å². The number of aromatic nitrogens is 1. The van der Waals surface area contributed by atoms with Crippen LogP contribution in [0, 0.1) is 0 Å². The first-order valence-electron chi connectivity index (χ1n) is 4.47. The van der Waals surface area contributed by atoms with Crippen molar-refractivity contribution in [3.05, 3.63) is 28.5 Å². The summed E-state index contributed by atoms with van der Waals surface area (Å²) in [5.41, 5.74) is 0.276.